The number of amides is 1. The van der Waals surface area contributed by atoms with E-state index in [1.165, 1.54) is 23.5 Å². The first-order valence-corrected chi connectivity index (χ1v) is 12.8. The topological polar surface area (TPSA) is 66.9 Å². The molecule has 166 valence electrons. The third kappa shape index (κ3) is 4.23. The van der Waals surface area contributed by atoms with E-state index in [2.05, 4.69) is 15.9 Å². The predicted octanol–water partition coefficient (Wildman–Crippen LogP) is 4.49. The van der Waals surface area contributed by atoms with Crippen LogP contribution in [0.15, 0.2) is 45.8 Å². The van der Waals surface area contributed by atoms with Crippen molar-refractivity contribution in [2.24, 2.45) is 5.92 Å². The Kier molecular flexibility index (Phi) is 6.36. The molecule has 0 N–H and O–H groups in total. The van der Waals surface area contributed by atoms with E-state index < -0.39 is 10.0 Å². The van der Waals surface area contributed by atoms with Gasteiger partial charge in [0.15, 0.2) is 0 Å². The number of benzene rings is 2. The molecule has 1 amide bonds. The number of rotatable bonds is 4. The summed E-state index contributed by atoms with van der Waals surface area (Å²) in [6.07, 6.45) is 2.10. The number of carbonyl (C=O) groups is 1. The van der Waals surface area contributed by atoms with E-state index >= 15 is 0 Å². The summed E-state index contributed by atoms with van der Waals surface area (Å²) in [4.78, 5) is 15.4. The third-order valence-electron chi connectivity index (χ3n) is 5.99. The Labute approximate surface area is 196 Å². The lowest BCUT2D eigenvalue weighted by atomic mass is 9.97. The molecule has 2 aromatic carbocycles. The molecule has 2 aliphatic rings. The molecule has 1 saturated heterocycles. The Morgan fingerprint density at radius 1 is 1.23 bits per heavy atom. The molecule has 6 nitrogen and oxygen atoms in total. The van der Waals surface area contributed by atoms with E-state index in [0.717, 1.165) is 22.1 Å². The summed E-state index contributed by atoms with van der Waals surface area (Å²) in [6, 6.07) is 10.4. The molecule has 31 heavy (non-hydrogen) atoms. The first-order chi connectivity index (χ1) is 14.7. The van der Waals surface area contributed by atoms with Gasteiger partial charge < -0.3 is 9.64 Å². The second-order valence-electron chi connectivity index (χ2n) is 8.03. The van der Waals surface area contributed by atoms with Gasteiger partial charge in [-0.2, -0.15) is 4.31 Å². The number of hydrogen-bond acceptors (Lipinski definition) is 4. The Morgan fingerprint density at radius 2 is 2.00 bits per heavy atom. The van der Waals surface area contributed by atoms with Gasteiger partial charge >= 0.3 is 0 Å². The Balaban J connectivity index is 1.56. The molecule has 2 atom stereocenters. The van der Waals surface area contributed by atoms with Crippen molar-refractivity contribution in [3.8, 4) is 5.75 Å². The molecule has 2 heterocycles. The highest BCUT2D eigenvalue weighted by atomic mass is 79.9. The molecule has 4 rings (SSSR count). The van der Waals surface area contributed by atoms with Crippen LogP contribution in [0.1, 0.15) is 25.3 Å². The van der Waals surface area contributed by atoms with E-state index in [4.69, 9.17) is 16.3 Å². The number of sulfonamides is 1. The average molecular weight is 528 g/mol. The van der Waals surface area contributed by atoms with Crippen LogP contribution in [0.25, 0.3) is 0 Å². The van der Waals surface area contributed by atoms with E-state index in [9.17, 15) is 13.2 Å². The Hall–Kier alpha value is -1.61. The number of nitrogens with zero attached hydrogens (tertiary/aromatic N) is 2. The van der Waals surface area contributed by atoms with E-state index in [1.807, 2.05) is 30.0 Å². The lowest BCUT2D eigenvalue weighted by Gasteiger charge is -2.34. The minimum absolute atomic E-state index is 0.0127. The number of methoxy groups -OCH3 is 1. The van der Waals surface area contributed by atoms with Crippen molar-refractivity contribution in [3.05, 3.63) is 51.5 Å². The number of fused-ring (bicyclic) bond motifs is 1. The van der Waals surface area contributed by atoms with Crippen LogP contribution in [0.2, 0.25) is 5.02 Å². The highest BCUT2D eigenvalue weighted by Crippen LogP contribution is 2.37. The van der Waals surface area contributed by atoms with Crippen molar-refractivity contribution >= 4 is 49.1 Å². The summed E-state index contributed by atoms with van der Waals surface area (Å²) in [7, 11) is -2.28. The Bertz CT molecular complexity index is 1120. The molecular weight excluding hydrogens is 504 g/mol. The lowest BCUT2D eigenvalue weighted by molar-refractivity contribution is -0.123. The number of hydrogen-bond donors (Lipinski definition) is 0. The quantitative estimate of drug-likeness (QED) is 0.588. The van der Waals surface area contributed by atoms with Gasteiger partial charge in [0.1, 0.15) is 5.75 Å². The summed E-state index contributed by atoms with van der Waals surface area (Å²) < 4.78 is 34.0. The van der Waals surface area contributed by atoms with Gasteiger partial charge in [-0.25, -0.2) is 8.42 Å². The van der Waals surface area contributed by atoms with Crippen LogP contribution in [0, 0.1) is 5.92 Å². The minimum atomic E-state index is -3.76. The van der Waals surface area contributed by atoms with Gasteiger partial charge in [-0.1, -0.05) is 27.5 Å². The lowest BCUT2D eigenvalue weighted by Crippen LogP contribution is -2.48. The molecule has 0 aliphatic carbocycles. The molecule has 0 aromatic heterocycles. The van der Waals surface area contributed by atoms with Crippen LogP contribution in [-0.4, -0.2) is 44.9 Å². The molecule has 0 bridgehead atoms. The van der Waals surface area contributed by atoms with E-state index in [0.29, 0.717) is 25.1 Å². The van der Waals surface area contributed by atoms with Gasteiger partial charge in [0.25, 0.3) is 0 Å². The predicted molar refractivity (Wildman–Crippen MR) is 124 cm³/mol. The van der Waals surface area contributed by atoms with Crippen molar-refractivity contribution in [2.45, 2.75) is 37.1 Å². The molecule has 0 saturated carbocycles. The van der Waals surface area contributed by atoms with Crippen molar-refractivity contribution in [3.63, 3.8) is 0 Å². The maximum Gasteiger partial charge on any atom is 0.243 e. The van der Waals surface area contributed by atoms with Gasteiger partial charge in [0.2, 0.25) is 15.9 Å². The standard InChI is InChI=1S/C22H24BrClN2O4S/c1-14-10-16-11-17(23)5-7-20(16)26(14)22(27)15-4-3-9-25(13-15)31(28,29)18-6-8-21(30-2)19(24)12-18/h5-8,11-12,14-15H,3-4,9-10,13H2,1-2H3/t14-,15+/m1/s1. The molecule has 2 aliphatic heterocycles. The molecule has 0 unspecified atom stereocenters. The van der Waals surface area contributed by atoms with Crippen molar-refractivity contribution in [2.75, 3.05) is 25.1 Å². The minimum Gasteiger partial charge on any atom is -0.495 e. The zero-order valence-electron chi connectivity index (χ0n) is 17.3. The zero-order chi connectivity index (χ0) is 22.3. The summed E-state index contributed by atoms with van der Waals surface area (Å²) in [5.41, 5.74) is 2.05. The second kappa shape index (κ2) is 8.73. The van der Waals surface area contributed by atoms with E-state index in [1.54, 1.807) is 6.07 Å². The highest BCUT2D eigenvalue weighted by Gasteiger charge is 2.39. The normalized spacial score (nSPS) is 21.7. The number of anilines is 1. The summed E-state index contributed by atoms with van der Waals surface area (Å²) in [5, 5.41) is 0.238. The van der Waals surface area contributed by atoms with Crippen LogP contribution in [0.5, 0.6) is 5.75 Å². The van der Waals surface area contributed by atoms with Crippen molar-refractivity contribution in [1.82, 2.24) is 4.31 Å². The molecule has 2 aromatic rings. The fourth-order valence-corrected chi connectivity index (χ4v) is 6.73. The fourth-order valence-electron chi connectivity index (χ4n) is 4.45. The number of carbonyl (C=O) groups excluding carboxylic acids is 1. The number of halogens is 2. The van der Waals surface area contributed by atoms with Gasteiger partial charge in [0, 0.05) is 29.3 Å². The van der Waals surface area contributed by atoms with Crippen LogP contribution in [-0.2, 0) is 21.2 Å². The van der Waals surface area contributed by atoms with Crippen molar-refractivity contribution in [1.29, 1.82) is 0 Å². The fraction of sp³-hybridized carbons (Fsp3) is 0.409. The first-order valence-electron chi connectivity index (χ1n) is 10.2. The van der Waals surface area contributed by atoms with Crippen LogP contribution >= 0.6 is 27.5 Å². The maximum atomic E-state index is 13.5. The largest absolute Gasteiger partial charge is 0.495 e. The molecular formula is C22H24BrClN2O4S. The van der Waals surface area contributed by atoms with Crippen molar-refractivity contribution < 1.29 is 17.9 Å². The van der Waals surface area contributed by atoms with Gasteiger partial charge in [-0.05, 0) is 68.1 Å². The molecule has 0 spiro atoms. The SMILES string of the molecule is COc1ccc(S(=O)(=O)N2CCC[C@H](C(=O)N3c4ccc(Br)cc4C[C@H]3C)C2)cc1Cl. The molecule has 1 fully saturated rings. The van der Waals surface area contributed by atoms with E-state index in [-0.39, 0.29) is 34.3 Å². The molecule has 0 radical (unpaired) electrons. The summed E-state index contributed by atoms with van der Waals surface area (Å²) in [5.74, 6) is 0.0242. The summed E-state index contributed by atoms with van der Waals surface area (Å²) in [6.45, 7) is 2.58. The second-order valence-corrected chi connectivity index (χ2v) is 11.3. The summed E-state index contributed by atoms with van der Waals surface area (Å²) >= 11 is 9.63. The highest BCUT2D eigenvalue weighted by molar-refractivity contribution is 9.10. The third-order valence-corrected chi connectivity index (χ3v) is 8.64. The van der Waals surface area contributed by atoms with Gasteiger partial charge in [-0.15, -0.1) is 0 Å². The maximum absolute atomic E-state index is 13.5. The smallest absolute Gasteiger partial charge is 0.243 e. The average Bonchev–Trinajstić information content (AvgIpc) is 3.07. The number of ether oxygens (including phenoxy) is 1. The number of piperidine rings is 1. The van der Waals surface area contributed by atoms with Gasteiger partial charge in [-0.3, -0.25) is 4.79 Å². The monoisotopic (exact) mass is 526 g/mol. The zero-order valence-corrected chi connectivity index (χ0v) is 20.5. The van der Waals surface area contributed by atoms with Gasteiger partial charge in [0.05, 0.1) is 22.9 Å². The first kappa shape index (κ1) is 22.6. The van der Waals surface area contributed by atoms with Crippen LogP contribution in [0.3, 0.4) is 0 Å². The van der Waals surface area contributed by atoms with Crippen LogP contribution < -0.4 is 9.64 Å². The Morgan fingerprint density at radius 3 is 2.71 bits per heavy atom. The molecule has 9 heteroatoms. The van der Waals surface area contributed by atoms with Crippen LogP contribution in [0.4, 0.5) is 5.69 Å².